The van der Waals surface area contributed by atoms with Crippen LogP contribution in [-0.4, -0.2) is 13.1 Å². The molecule has 1 fully saturated rings. The van der Waals surface area contributed by atoms with Gasteiger partial charge in [-0.15, -0.1) is 0 Å². The van der Waals surface area contributed by atoms with Crippen molar-refractivity contribution in [3.63, 3.8) is 0 Å². The van der Waals surface area contributed by atoms with Crippen molar-refractivity contribution >= 4 is 5.69 Å². The summed E-state index contributed by atoms with van der Waals surface area (Å²) < 4.78 is 38.4. The first kappa shape index (κ1) is 14.2. The van der Waals surface area contributed by atoms with Crippen LogP contribution in [0.15, 0.2) is 18.2 Å². The first-order valence-corrected chi connectivity index (χ1v) is 6.57. The van der Waals surface area contributed by atoms with Crippen molar-refractivity contribution in [2.24, 2.45) is 11.7 Å². The number of nitrogens with zero attached hydrogens (tertiary/aromatic N) is 1. The predicted molar refractivity (Wildman–Crippen MR) is 69.9 cm³/mol. The fourth-order valence-electron chi connectivity index (χ4n) is 2.62. The zero-order valence-electron chi connectivity index (χ0n) is 11.0. The Hall–Kier alpha value is -1.23. The molecule has 0 aromatic heterocycles. The van der Waals surface area contributed by atoms with Gasteiger partial charge in [0, 0.05) is 25.3 Å². The van der Waals surface area contributed by atoms with Gasteiger partial charge in [0.2, 0.25) is 0 Å². The third kappa shape index (κ3) is 3.21. The summed E-state index contributed by atoms with van der Waals surface area (Å²) in [5, 5.41) is 0. The first-order chi connectivity index (χ1) is 8.91. The van der Waals surface area contributed by atoms with E-state index >= 15 is 0 Å². The van der Waals surface area contributed by atoms with Gasteiger partial charge >= 0.3 is 6.18 Å². The number of alkyl halides is 3. The summed E-state index contributed by atoms with van der Waals surface area (Å²) in [5.74, 6) is 0.508. The molecule has 1 heterocycles. The van der Waals surface area contributed by atoms with Crippen molar-refractivity contribution in [2.45, 2.75) is 32.5 Å². The van der Waals surface area contributed by atoms with E-state index in [1.807, 2.05) is 4.90 Å². The minimum atomic E-state index is -4.30. The summed E-state index contributed by atoms with van der Waals surface area (Å²) in [6.07, 6.45) is -2.15. The van der Waals surface area contributed by atoms with Crippen LogP contribution >= 0.6 is 0 Å². The summed E-state index contributed by atoms with van der Waals surface area (Å²) in [6.45, 7) is 3.99. The van der Waals surface area contributed by atoms with Crippen LogP contribution in [0.1, 0.15) is 30.9 Å². The summed E-state index contributed by atoms with van der Waals surface area (Å²) in [5.41, 5.74) is 6.47. The van der Waals surface area contributed by atoms with E-state index in [4.69, 9.17) is 5.73 Å². The molecule has 0 bridgehead atoms. The van der Waals surface area contributed by atoms with Gasteiger partial charge in [-0.3, -0.25) is 0 Å². The van der Waals surface area contributed by atoms with Gasteiger partial charge in [-0.1, -0.05) is 13.0 Å². The number of halogens is 3. The average molecular weight is 272 g/mol. The number of piperidine rings is 1. The summed E-state index contributed by atoms with van der Waals surface area (Å²) in [6, 6.07) is 3.84. The Labute approximate surface area is 111 Å². The smallest absolute Gasteiger partial charge is 0.371 e. The molecular formula is C14H19F3N2. The Bertz CT molecular complexity index is 443. The van der Waals surface area contributed by atoms with Crippen LogP contribution < -0.4 is 10.6 Å². The second-order valence-electron chi connectivity index (χ2n) is 5.24. The highest BCUT2D eigenvalue weighted by atomic mass is 19.4. The molecular weight excluding hydrogens is 253 g/mol. The molecule has 1 atom stereocenters. The van der Waals surface area contributed by atoms with E-state index in [1.165, 1.54) is 12.1 Å². The average Bonchev–Trinajstić information content (AvgIpc) is 2.37. The highest BCUT2D eigenvalue weighted by molar-refractivity contribution is 5.56. The maximum Gasteiger partial charge on any atom is 0.416 e. The van der Waals surface area contributed by atoms with E-state index < -0.39 is 11.7 Å². The van der Waals surface area contributed by atoms with Gasteiger partial charge < -0.3 is 10.6 Å². The molecule has 1 aromatic carbocycles. The van der Waals surface area contributed by atoms with Gasteiger partial charge in [0.25, 0.3) is 0 Å². The Morgan fingerprint density at radius 3 is 2.68 bits per heavy atom. The molecule has 1 aromatic rings. The lowest BCUT2D eigenvalue weighted by molar-refractivity contribution is -0.137. The number of rotatable bonds is 2. The third-order valence-electron chi connectivity index (χ3n) is 3.63. The zero-order valence-corrected chi connectivity index (χ0v) is 11.0. The van der Waals surface area contributed by atoms with Crippen LogP contribution in [-0.2, 0) is 12.7 Å². The molecule has 5 heteroatoms. The Balaban J connectivity index is 2.35. The van der Waals surface area contributed by atoms with E-state index in [2.05, 4.69) is 6.92 Å². The normalized spacial score (nSPS) is 20.7. The predicted octanol–water partition coefficient (Wildman–Crippen LogP) is 3.40. The topological polar surface area (TPSA) is 29.3 Å². The summed E-state index contributed by atoms with van der Waals surface area (Å²) in [4.78, 5) is 2.03. The van der Waals surface area contributed by atoms with E-state index in [-0.39, 0.29) is 6.54 Å². The van der Waals surface area contributed by atoms with Gasteiger partial charge in [0.15, 0.2) is 0 Å². The molecule has 1 aliphatic heterocycles. The SMILES string of the molecule is CC1CCCN(c2cc(C(F)(F)F)ccc2CN)C1. The van der Waals surface area contributed by atoms with Crippen LogP contribution in [0.2, 0.25) is 0 Å². The van der Waals surface area contributed by atoms with Crippen molar-refractivity contribution in [2.75, 3.05) is 18.0 Å². The maximum absolute atomic E-state index is 12.8. The van der Waals surface area contributed by atoms with Crippen LogP contribution in [0.4, 0.5) is 18.9 Å². The standard InChI is InChI=1S/C14H19F3N2/c1-10-3-2-6-19(9-10)13-7-12(14(15,16)17)5-4-11(13)8-18/h4-5,7,10H,2-3,6,8-9,18H2,1H3. The fourth-order valence-corrected chi connectivity index (χ4v) is 2.62. The summed E-state index contributed by atoms with van der Waals surface area (Å²) >= 11 is 0. The zero-order chi connectivity index (χ0) is 14.0. The molecule has 1 unspecified atom stereocenters. The van der Waals surface area contributed by atoms with Gasteiger partial charge in [0.05, 0.1) is 5.56 Å². The minimum Gasteiger partial charge on any atom is -0.371 e. The molecule has 1 saturated heterocycles. The lowest BCUT2D eigenvalue weighted by atomic mass is 9.98. The van der Waals surface area contributed by atoms with E-state index in [0.29, 0.717) is 11.6 Å². The lowest BCUT2D eigenvalue weighted by Gasteiger charge is -2.34. The highest BCUT2D eigenvalue weighted by Gasteiger charge is 2.31. The van der Waals surface area contributed by atoms with Crippen molar-refractivity contribution in [1.82, 2.24) is 0 Å². The van der Waals surface area contributed by atoms with Crippen molar-refractivity contribution in [1.29, 1.82) is 0 Å². The largest absolute Gasteiger partial charge is 0.416 e. The maximum atomic E-state index is 12.8. The van der Waals surface area contributed by atoms with Crippen LogP contribution in [0, 0.1) is 5.92 Å². The second kappa shape index (κ2) is 5.41. The number of hydrogen-bond donors (Lipinski definition) is 1. The van der Waals surface area contributed by atoms with Crippen molar-refractivity contribution < 1.29 is 13.2 Å². The van der Waals surface area contributed by atoms with E-state index in [0.717, 1.165) is 37.6 Å². The van der Waals surface area contributed by atoms with Gasteiger partial charge in [0.1, 0.15) is 0 Å². The number of hydrogen-bond acceptors (Lipinski definition) is 2. The molecule has 0 amide bonds. The lowest BCUT2D eigenvalue weighted by Crippen LogP contribution is -2.35. The molecule has 106 valence electrons. The van der Waals surface area contributed by atoms with Crippen molar-refractivity contribution in [3.8, 4) is 0 Å². The number of benzene rings is 1. The Morgan fingerprint density at radius 1 is 1.37 bits per heavy atom. The molecule has 19 heavy (non-hydrogen) atoms. The molecule has 0 saturated carbocycles. The second-order valence-corrected chi connectivity index (χ2v) is 5.24. The van der Waals surface area contributed by atoms with Gasteiger partial charge in [-0.2, -0.15) is 13.2 Å². The Kier molecular flexibility index (Phi) is 4.04. The molecule has 2 N–H and O–H groups in total. The minimum absolute atomic E-state index is 0.262. The monoisotopic (exact) mass is 272 g/mol. The molecule has 1 aliphatic rings. The molecule has 2 rings (SSSR count). The van der Waals surface area contributed by atoms with Crippen LogP contribution in [0.25, 0.3) is 0 Å². The van der Waals surface area contributed by atoms with E-state index in [1.54, 1.807) is 0 Å². The fraction of sp³-hybridized carbons (Fsp3) is 0.571. The molecule has 0 aliphatic carbocycles. The quantitative estimate of drug-likeness (QED) is 0.894. The molecule has 0 radical (unpaired) electrons. The first-order valence-electron chi connectivity index (χ1n) is 6.57. The third-order valence-corrected chi connectivity index (χ3v) is 3.63. The van der Waals surface area contributed by atoms with Crippen LogP contribution in [0.3, 0.4) is 0 Å². The van der Waals surface area contributed by atoms with Crippen LogP contribution in [0.5, 0.6) is 0 Å². The summed E-state index contributed by atoms with van der Waals surface area (Å²) in [7, 11) is 0. The number of anilines is 1. The van der Waals surface area contributed by atoms with Gasteiger partial charge in [-0.05, 0) is 36.5 Å². The van der Waals surface area contributed by atoms with Gasteiger partial charge in [-0.25, -0.2) is 0 Å². The number of nitrogens with two attached hydrogens (primary N) is 1. The Morgan fingerprint density at radius 2 is 2.11 bits per heavy atom. The highest BCUT2D eigenvalue weighted by Crippen LogP contribution is 2.34. The molecule has 0 spiro atoms. The molecule has 2 nitrogen and oxygen atoms in total. The van der Waals surface area contributed by atoms with E-state index in [9.17, 15) is 13.2 Å². The van der Waals surface area contributed by atoms with Crippen molar-refractivity contribution in [3.05, 3.63) is 29.3 Å².